The largest absolute Gasteiger partial charge is 0.355 e. The highest BCUT2D eigenvalue weighted by molar-refractivity contribution is 7.90. The van der Waals surface area contributed by atoms with Crippen LogP contribution in [-0.4, -0.2) is 62.7 Å². The zero-order valence-corrected chi connectivity index (χ0v) is 22.1. The number of carbonyl (C=O) groups excluding carboxylic acids is 2. The highest BCUT2D eigenvalue weighted by atomic mass is 35.5. The number of nitrogens with zero attached hydrogens (tertiary/aromatic N) is 3. The maximum atomic E-state index is 13.6. The molecule has 2 aromatic rings. The number of amides is 2. The third kappa shape index (κ3) is 6.71. The van der Waals surface area contributed by atoms with E-state index in [0.29, 0.717) is 22.8 Å². The molecule has 0 aliphatic rings. The zero-order chi connectivity index (χ0) is 25.6. The molecule has 1 atom stereocenters. The molecule has 34 heavy (non-hydrogen) atoms. The van der Waals surface area contributed by atoms with Crippen LogP contribution in [0.3, 0.4) is 0 Å². The Balaban J connectivity index is 2.51. The number of hydrogen-bond donors (Lipinski definition) is 1. The standard InChI is InChI=1S/C24H33ClN4O4S/c1-7-26-24(31)19(4)28(15-20-9-8-10-21(25)14-20)23(30)16-29(34(32,33)27(5)6)22-13-17(2)11-12-18(22)3/h8-14,19H,7,15-16H2,1-6H3,(H,26,31)/t19-/m0/s1. The lowest BCUT2D eigenvalue weighted by atomic mass is 10.1. The minimum atomic E-state index is -4.00. The Morgan fingerprint density at radius 3 is 2.35 bits per heavy atom. The number of benzene rings is 2. The molecule has 8 nitrogen and oxygen atoms in total. The molecular weight excluding hydrogens is 476 g/mol. The Bertz CT molecular complexity index is 1140. The van der Waals surface area contributed by atoms with Gasteiger partial charge in [-0.05, 0) is 62.6 Å². The van der Waals surface area contributed by atoms with Crippen molar-refractivity contribution >= 4 is 39.3 Å². The zero-order valence-electron chi connectivity index (χ0n) is 20.5. The summed E-state index contributed by atoms with van der Waals surface area (Å²) in [5, 5.41) is 3.23. The second kappa shape index (κ2) is 11.7. The fourth-order valence-corrected chi connectivity index (χ4v) is 4.75. The van der Waals surface area contributed by atoms with Crippen LogP contribution in [0, 0.1) is 13.8 Å². The summed E-state index contributed by atoms with van der Waals surface area (Å²) < 4.78 is 28.6. The first-order valence-electron chi connectivity index (χ1n) is 11.0. The van der Waals surface area contributed by atoms with Crippen molar-refractivity contribution < 1.29 is 18.0 Å². The monoisotopic (exact) mass is 508 g/mol. The minimum Gasteiger partial charge on any atom is -0.355 e. The summed E-state index contributed by atoms with van der Waals surface area (Å²) in [6, 6.07) is 11.6. The molecule has 0 saturated carbocycles. The van der Waals surface area contributed by atoms with Crippen molar-refractivity contribution in [2.45, 2.75) is 40.3 Å². The minimum absolute atomic E-state index is 0.0976. The number of hydrogen-bond acceptors (Lipinski definition) is 4. The van der Waals surface area contributed by atoms with E-state index in [1.165, 1.54) is 19.0 Å². The number of carbonyl (C=O) groups is 2. The van der Waals surface area contributed by atoms with Gasteiger partial charge in [0, 0.05) is 32.2 Å². The Hall–Kier alpha value is -2.62. The molecule has 1 N–H and O–H groups in total. The van der Waals surface area contributed by atoms with E-state index in [-0.39, 0.29) is 12.5 Å². The first-order valence-corrected chi connectivity index (χ1v) is 12.7. The van der Waals surface area contributed by atoms with Crippen molar-refractivity contribution in [3.8, 4) is 0 Å². The van der Waals surface area contributed by atoms with Crippen LogP contribution in [0.4, 0.5) is 5.69 Å². The van der Waals surface area contributed by atoms with E-state index in [2.05, 4.69) is 5.32 Å². The second-order valence-corrected chi connectivity index (χ2v) is 10.8. The molecular formula is C24H33ClN4O4S. The first-order chi connectivity index (χ1) is 15.9. The molecule has 0 saturated heterocycles. The average Bonchev–Trinajstić information content (AvgIpc) is 2.77. The molecule has 2 rings (SSSR count). The molecule has 0 aliphatic heterocycles. The maximum Gasteiger partial charge on any atom is 0.304 e. The van der Waals surface area contributed by atoms with Gasteiger partial charge in [0.2, 0.25) is 11.8 Å². The SMILES string of the molecule is CCNC(=O)[C@H](C)N(Cc1cccc(Cl)c1)C(=O)CN(c1cc(C)ccc1C)S(=O)(=O)N(C)C. The molecule has 0 spiro atoms. The first kappa shape index (κ1) is 27.6. The van der Waals surface area contributed by atoms with E-state index in [1.54, 1.807) is 51.1 Å². The summed E-state index contributed by atoms with van der Waals surface area (Å²) in [5.74, 6) is -0.836. The van der Waals surface area contributed by atoms with Crippen LogP contribution in [0.2, 0.25) is 5.02 Å². The fourth-order valence-electron chi connectivity index (χ4n) is 3.43. The van der Waals surface area contributed by atoms with Gasteiger partial charge in [0.15, 0.2) is 0 Å². The summed E-state index contributed by atoms with van der Waals surface area (Å²) in [7, 11) is -1.17. The summed E-state index contributed by atoms with van der Waals surface area (Å²) >= 11 is 6.12. The van der Waals surface area contributed by atoms with Crippen LogP contribution in [0.25, 0.3) is 0 Å². The smallest absolute Gasteiger partial charge is 0.304 e. The van der Waals surface area contributed by atoms with Gasteiger partial charge in [-0.25, -0.2) is 4.31 Å². The van der Waals surface area contributed by atoms with Gasteiger partial charge in [0.25, 0.3) is 0 Å². The fraction of sp³-hybridized carbons (Fsp3) is 0.417. The van der Waals surface area contributed by atoms with Crippen LogP contribution < -0.4 is 9.62 Å². The lowest BCUT2D eigenvalue weighted by molar-refractivity contribution is -0.139. The summed E-state index contributed by atoms with van der Waals surface area (Å²) in [6.45, 7) is 7.10. The molecule has 0 heterocycles. The Morgan fingerprint density at radius 2 is 1.76 bits per heavy atom. The van der Waals surface area contributed by atoms with E-state index in [4.69, 9.17) is 11.6 Å². The van der Waals surface area contributed by atoms with Crippen LogP contribution in [0.5, 0.6) is 0 Å². The third-order valence-corrected chi connectivity index (χ3v) is 7.45. The van der Waals surface area contributed by atoms with Gasteiger partial charge in [0.05, 0.1) is 5.69 Å². The normalized spacial score (nSPS) is 12.4. The predicted octanol–water partition coefficient (Wildman–Crippen LogP) is 3.12. The highest BCUT2D eigenvalue weighted by Crippen LogP contribution is 2.26. The number of likely N-dealkylation sites (N-methyl/N-ethyl adjacent to an activating group) is 1. The number of nitrogens with one attached hydrogen (secondary N) is 1. The number of anilines is 1. The molecule has 186 valence electrons. The highest BCUT2D eigenvalue weighted by Gasteiger charge is 2.33. The Morgan fingerprint density at radius 1 is 1.09 bits per heavy atom. The van der Waals surface area contributed by atoms with Gasteiger partial charge in [-0.3, -0.25) is 9.59 Å². The van der Waals surface area contributed by atoms with Gasteiger partial charge >= 0.3 is 10.2 Å². The van der Waals surface area contributed by atoms with Crippen LogP contribution in [0.1, 0.15) is 30.5 Å². The molecule has 0 aromatic heterocycles. The number of aryl methyl sites for hydroxylation is 2. The van der Waals surface area contributed by atoms with Crippen molar-refractivity contribution in [2.75, 3.05) is 31.5 Å². The molecule has 0 aliphatic carbocycles. The summed E-state index contributed by atoms with van der Waals surface area (Å²) in [6.07, 6.45) is 0. The Kier molecular flexibility index (Phi) is 9.49. The molecule has 0 unspecified atom stereocenters. The molecule has 0 fully saturated rings. The van der Waals surface area contributed by atoms with Crippen LogP contribution >= 0.6 is 11.6 Å². The van der Waals surface area contributed by atoms with Crippen molar-refractivity contribution in [2.24, 2.45) is 0 Å². The van der Waals surface area contributed by atoms with E-state index in [9.17, 15) is 18.0 Å². The van der Waals surface area contributed by atoms with Crippen LogP contribution in [-0.2, 0) is 26.3 Å². The van der Waals surface area contributed by atoms with E-state index < -0.39 is 28.7 Å². The predicted molar refractivity (Wildman–Crippen MR) is 136 cm³/mol. The molecule has 0 bridgehead atoms. The van der Waals surface area contributed by atoms with Crippen molar-refractivity contribution in [1.82, 2.24) is 14.5 Å². The summed E-state index contributed by atoms with van der Waals surface area (Å²) in [5.41, 5.74) is 2.71. The van der Waals surface area contributed by atoms with Crippen molar-refractivity contribution in [3.63, 3.8) is 0 Å². The van der Waals surface area contributed by atoms with E-state index in [1.807, 2.05) is 19.1 Å². The quantitative estimate of drug-likeness (QED) is 0.534. The molecule has 10 heteroatoms. The average molecular weight is 509 g/mol. The lowest BCUT2D eigenvalue weighted by Crippen LogP contribution is -2.52. The van der Waals surface area contributed by atoms with E-state index >= 15 is 0 Å². The van der Waals surface area contributed by atoms with Gasteiger partial charge in [0.1, 0.15) is 12.6 Å². The van der Waals surface area contributed by atoms with E-state index in [0.717, 1.165) is 19.7 Å². The van der Waals surface area contributed by atoms with Crippen LogP contribution in [0.15, 0.2) is 42.5 Å². The van der Waals surface area contributed by atoms with Crippen molar-refractivity contribution in [3.05, 3.63) is 64.2 Å². The number of rotatable bonds is 10. The Labute approximate surface area is 207 Å². The van der Waals surface area contributed by atoms with Crippen molar-refractivity contribution in [1.29, 1.82) is 0 Å². The topological polar surface area (TPSA) is 90.0 Å². The summed E-state index contributed by atoms with van der Waals surface area (Å²) in [4.78, 5) is 27.6. The van der Waals surface area contributed by atoms with Gasteiger partial charge in [-0.1, -0.05) is 35.9 Å². The molecule has 2 aromatic carbocycles. The van der Waals surface area contributed by atoms with Gasteiger partial charge < -0.3 is 10.2 Å². The molecule has 0 radical (unpaired) electrons. The third-order valence-electron chi connectivity index (χ3n) is 5.41. The second-order valence-electron chi connectivity index (χ2n) is 8.31. The number of halogens is 1. The van der Waals surface area contributed by atoms with Gasteiger partial charge in [-0.15, -0.1) is 0 Å². The lowest BCUT2D eigenvalue weighted by Gasteiger charge is -2.33. The maximum absolute atomic E-state index is 13.6. The van der Waals surface area contributed by atoms with Gasteiger partial charge in [-0.2, -0.15) is 12.7 Å². The molecule has 2 amide bonds.